The lowest BCUT2D eigenvalue weighted by atomic mass is 10.1. The summed E-state index contributed by atoms with van der Waals surface area (Å²) < 4.78 is 33.6. The van der Waals surface area contributed by atoms with Gasteiger partial charge in [0.25, 0.3) is 0 Å². The Hall–Kier alpha value is -2.71. The highest BCUT2D eigenvalue weighted by atomic mass is 32.2. The third-order valence-corrected chi connectivity index (χ3v) is 5.91. The molecule has 0 bridgehead atoms. The predicted octanol–water partition coefficient (Wildman–Crippen LogP) is 2.67. The molecule has 2 aromatic carbocycles. The van der Waals surface area contributed by atoms with Crippen molar-refractivity contribution in [3.8, 4) is 5.75 Å². The van der Waals surface area contributed by atoms with Crippen molar-refractivity contribution in [1.82, 2.24) is 14.3 Å². The molecule has 0 radical (unpaired) electrons. The summed E-state index contributed by atoms with van der Waals surface area (Å²) in [4.78, 5) is 16.9. The zero-order valence-electron chi connectivity index (χ0n) is 15.4. The van der Waals surface area contributed by atoms with E-state index in [-0.39, 0.29) is 23.8 Å². The van der Waals surface area contributed by atoms with Crippen molar-refractivity contribution in [2.24, 2.45) is 0 Å². The monoisotopic (exact) mass is 387 g/mol. The maximum Gasteiger partial charge on any atom is 0.240 e. The van der Waals surface area contributed by atoms with Gasteiger partial charge in [0.15, 0.2) is 0 Å². The van der Waals surface area contributed by atoms with Gasteiger partial charge in [0.2, 0.25) is 15.9 Å². The van der Waals surface area contributed by atoms with E-state index in [0.29, 0.717) is 5.75 Å². The molecule has 3 aromatic rings. The van der Waals surface area contributed by atoms with Crippen LogP contribution in [0.4, 0.5) is 0 Å². The summed E-state index contributed by atoms with van der Waals surface area (Å²) in [5, 5.41) is 0. The number of carbonyl (C=O) groups is 1. The molecule has 0 saturated heterocycles. The average Bonchev–Trinajstić information content (AvgIpc) is 3.04. The number of aryl methyl sites for hydroxylation is 2. The summed E-state index contributed by atoms with van der Waals surface area (Å²) in [5.74, 6) is 0.347. The smallest absolute Gasteiger partial charge is 0.240 e. The third kappa shape index (κ3) is 4.01. The second-order valence-electron chi connectivity index (χ2n) is 6.26. The van der Waals surface area contributed by atoms with Crippen LogP contribution in [0.5, 0.6) is 5.75 Å². The number of hydrogen-bond acceptors (Lipinski definition) is 5. The number of nitrogens with one attached hydrogen (secondary N) is 1. The predicted molar refractivity (Wildman–Crippen MR) is 103 cm³/mol. The first-order chi connectivity index (χ1) is 12.8. The zero-order chi connectivity index (χ0) is 19.6. The van der Waals surface area contributed by atoms with Crippen LogP contribution in [0.3, 0.4) is 0 Å². The highest BCUT2D eigenvalue weighted by Gasteiger charge is 2.16. The number of carbonyl (C=O) groups excluding carboxylic acids is 1. The van der Waals surface area contributed by atoms with Gasteiger partial charge in [-0.05, 0) is 61.4 Å². The van der Waals surface area contributed by atoms with Gasteiger partial charge in [0, 0.05) is 13.0 Å². The Morgan fingerprint density at radius 1 is 1.15 bits per heavy atom. The number of hydrogen-bond donors (Lipinski definition) is 1. The van der Waals surface area contributed by atoms with Gasteiger partial charge in [-0.1, -0.05) is 0 Å². The van der Waals surface area contributed by atoms with E-state index in [0.717, 1.165) is 22.2 Å². The molecule has 1 N–H and O–H groups in total. The molecule has 142 valence electrons. The highest BCUT2D eigenvalue weighted by molar-refractivity contribution is 7.89. The molecule has 0 saturated carbocycles. The van der Waals surface area contributed by atoms with Crippen molar-refractivity contribution in [1.29, 1.82) is 0 Å². The normalized spacial score (nSPS) is 11.7. The van der Waals surface area contributed by atoms with E-state index in [1.54, 1.807) is 12.1 Å². The number of methoxy groups -OCH3 is 1. The van der Waals surface area contributed by atoms with Crippen LogP contribution in [0.2, 0.25) is 0 Å². The average molecular weight is 387 g/mol. The fraction of sp³-hybridized carbons (Fsp3) is 0.263. The van der Waals surface area contributed by atoms with E-state index in [1.807, 2.05) is 26.0 Å². The quantitative estimate of drug-likeness (QED) is 0.702. The Bertz CT molecular complexity index is 1090. The van der Waals surface area contributed by atoms with Crippen LogP contribution in [0.1, 0.15) is 22.3 Å². The summed E-state index contributed by atoms with van der Waals surface area (Å²) >= 11 is 0. The molecule has 0 spiro atoms. The van der Waals surface area contributed by atoms with Gasteiger partial charge in [-0.3, -0.25) is 9.36 Å². The number of rotatable bonds is 6. The number of ether oxygens (including phenoxy) is 1. The van der Waals surface area contributed by atoms with E-state index in [9.17, 15) is 13.2 Å². The fourth-order valence-electron chi connectivity index (χ4n) is 2.71. The van der Waals surface area contributed by atoms with Gasteiger partial charge >= 0.3 is 0 Å². The largest absolute Gasteiger partial charge is 0.497 e. The minimum absolute atomic E-state index is 0.00227. The van der Waals surface area contributed by atoms with E-state index < -0.39 is 10.0 Å². The van der Waals surface area contributed by atoms with Crippen molar-refractivity contribution in [2.45, 2.75) is 25.2 Å². The number of nitrogens with zero attached hydrogens (tertiary/aromatic N) is 2. The van der Waals surface area contributed by atoms with E-state index in [4.69, 9.17) is 4.74 Å². The second-order valence-corrected chi connectivity index (χ2v) is 8.02. The summed E-state index contributed by atoms with van der Waals surface area (Å²) in [6, 6.07) is 9.90. The van der Waals surface area contributed by atoms with Crippen LogP contribution in [0.15, 0.2) is 47.6 Å². The molecule has 0 fully saturated rings. The van der Waals surface area contributed by atoms with Crippen LogP contribution >= 0.6 is 0 Å². The lowest BCUT2D eigenvalue weighted by Gasteiger charge is -2.08. The molecule has 1 heterocycles. The van der Waals surface area contributed by atoms with Gasteiger partial charge in [-0.15, -0.1) is 0 Å². The lowest BCUT2D eigenvalue weighted by molar-refractivity contribution is 0.0909. The molecule has 0 aliphatic carbocycles. The van der Waals surface area contributed by atoms with Crippen molar-refractivity contribution in [3.63, 3.8) is 0 Å². The topological polar surface area (TPSA) is 90.3 Å². The molecule has 7 nitrogen and oxygen atoms in total. The Kier molecular flexibility index (Phi) is 5.29. The molecule has 0 unspecified atom stereocenters. The maximum atomic E-state index is 12.5. The Balaban J connectivity index is 1.68. The molecule has 0 amide bonds. The van der Waals surface area contributed by atoms with Gasteiger partial charge in [-0.2, -0.15) is 0 Å². The van der Waals surface area contributed by atoms with Crippen LogP contribution in [0.25, 0.3) is 11.0 Å². The van der Waals surface area contributed by atoms with Crippen molar-refractivity contribution < 1.29 is 17.9 Å². The molecule has 0 atom stereocenters. The van der Waals surface area contributed by atoms with E-state index >= 15 is 0 Å². The zero-order valence-corrected chi connectivity index (χ0v) is 16.2. The number of fused-ring (bicyclic) bond motifs is 1. The van der Waals surface area contributed by atoms with Crippen molar-refractivity contribution in [3.05, 3.63) is 53.9 Å². The molecule has 27 heavy (non-hydrogen) atoms. The number of imidazole rings is 1. The number of sulfonamides is 1. The SMILES string of the molecule is COc1ccc(S(=O)(=O)NCCC(=O)n2cnc3cc(C)c(C)cc32)cc1. The lowest BCUT2D eigenvalue weighted by Crippen LogP contribution is -2.27. The molecule has 0 aliphatic heterocycles. The summed E-state index contributed by atoms with van der Waals surface area (Å²) in [6.07, 6.45) is 1.50. The maximum absolute atomic E-state index is 12.5. The minimum atomic E-state index is -3.69. The summed E-state index contributed by atoms with van der Waals surface area (Å²) in [5.41, 5.74) is 3.64. The van der Waals surface area contributed by atoms with E-state index in [1.165, 1.54) is 30.1 Å². The van der Waals surface area contributed by atoms with Gasteiger partial charge in [0.05, 0.1) is 23.0 Å². The van der Waals surface area contributed by atoms with E-state index in [2.05, 4.69) is 9.71 Å². The highest BCUT2D eigenvalue weighted by Crippen LogP contribution is 2.19. The van der Waals surface area contributed by atoms with Gasteiger partial charge in [0.1, 0.15) is 12.1 Å². The molecule has 8 heteroatoms. The molecule has 0 aliphatic rings. The first-order valence-electron chi connectivity index (χ1n) is 8.43. The van der Waals surface area contributed by atoms with Crippen LogP contribution in [0, 0.1) is 13.8 Å². The van der Waals surface area contributed by atoms with Crippen molar-refractivity contribution >= 4 is 27.0 Å². The number of aromatic nitrogens is 2. The molecular formula is C19H21N3O4S. The first-order valence-corrected chi connectivity index (χ1v) is 9.91. The Labute approximate surface area is 158 Å². The Morgan fingerprint density at radius 2 is 1.81 bits per heavy atom. The standard InChI is InChI=1S/C19H21N3O4S/c1-13-10-17-18(11-14(13)2)22(12-20-17)19(23)8-9-21-27(24,25)16-6-4-15(26-3)5-7-16/h4-7,10-12,21H,8-9H2,1-3H3. The number of benzene rings is 2. The molecule has 1 aromatic heterocycles. The van der Waals surface area contributed by atoms with Gasteiger partial charge < -0.3 is 4.74 Å². The summed E-state index contributed by atoms with van der Waals surface area (Å²) in [7, 11) is -2.18. The minimum Gasteiger partial charge on any atom is -0.497 e. The Morgan fingerprint density at radius 3 is 2.48 bits per heavy atom. The second kappa shape index (κ2) is 7.50. The van der Waals surface area contributed by atoms with Crippen LogP contribution in [-0.2, 0) is 10.0 Å². The van der Waals surface area contributed by atoms with Crippen LogP contribution < -0.4 is 9.46 Å². The summed E-state index contributed by atoms with van der Waals surface area (Å²) in [6.45, 7) is 3.96. The van der Waals surface area contributed by atoms with Crippen LogP contribution in [-0.4, -0.2) is 37.5 Å². The third-order valence-electron chi connectivity index (χ3n) is 4.43. The molecular weight excluding hydrogens is 366 g/mol. The van der Waals surface area contributed by atoms with Crippen molar-refractivity contribution in [2.75, 3.05) is 13.7 Å². The van der Waals surface area contributed by atoms with Gasteiger partial charge in [-0.25, -0.2) is 18.1 Å². The first kappa shape index (κ1) is 19.1. The fourth-order valence-corrected chi connectivity index (χ4v) is 3.75. The molecule has 3 rings (SSSR count).